The first-order chi connectivity index (χ1) is 15.4. The van der Waals surface area contributed by atoms with Gasteiger partial charge in [-0.15, -0.1) is 0 Å². The highest BCUT2D eigenvalue weighted by Gasteiger charge is 2.30. The van der Waals surface area contributed by atoms with Crippen molar-refractivity contribution < 1.29 is 9.72 Å². The number of nitro benzene ring substituents is 1. The predicted octanol–water partition coefficient (Wildman–Crippen LogP) is 4.63. The maximum Gasteiger partial charge on any atom is 0.270 e. The molecule has 7 nitrogen and oxygen atoms in total. The van der Waals surface area contributed by atoms with Crippen LogP contribution in [0.5, 0.6) is 0 Å². The Bertz CT molecular complexity index is 1190. The number of hydrogen-bond acceptors (Lipinski definition) is 5. The summed E-state index contributed by atoms with van der Waals surface area (Å²) in [6, 6.07) is 22.0. The minimum Gasteiger partial charge on any atom is -0.354 e. The fourth-order valence-electron chi connectivity index (χ4n) is 3.65. The molecule has 7 heteroatoms. The Labute approximate surface area is 186 Å². The van der Waals surface area contributed by atoms with Crippen molar-refractivity contribution in [2.75, 3.05) is 31.3 Å². The third-order valence-corrected chi connectivity index (χ3v) is 5.34. The van der Waals surface area contributed by atoms with E-state index in [2.05, 4.69) is 27.7 Å². The highest BCUT2D eigenvalue weighted by Crippen LogP contribution is 2.39. The van der Waals surface area contributed by atoms with E-state index in [1.54, 1.807) is 6.07 Å². The van der Waals surface area contributed by atoms with Gasteiger partial charge in [-0.3, -0.25) is 14.9 Å². The first-order valence-corrected chi connectivity index (χ1v) is 10.3. The fourth-order valence-corrected chi connectivity index (χ4v) is 3.65. The highest BCUT2D eigenvalue weighted by atomic mass is 16.6. The molecule has 2 N–H and O–H groups in total. The lowest BCUT2D eigenvalue weighted by molar-refractivity contribution is -0.384. The molecule has 162 valence electrons. The molecule has 1 amide bonds. The van der Waals surface area contributed by atoms with Gasteiger partial charge in [-0.1, -0.05) is 42.5 Å². The number of carbonyl (C=O) groups is 1. The van der Waals surface area contributed by atoms with Crippen LogP contribution in [0, 0.1) is 10.1 Å². The first-order valence-electron chi connectivity index (χ1n) is 10.3. The summed E-state index contributed by atoms with van der Waals surface area (Å²) in [7, 11) is 4.09. The second-order valence-corrected chi connectivity index (χ2v) is 7.93. The lowest BCUT2D eigenvalue weighted by Gasteiger charge is -2.15. The van der Waals surface area contributed by atoms with Crippen molar-refractivity contribution >= 4 is 34.2 Å². The Morgan fingerprint density at radius 2 is 1.75 bits per heavy atom. The van der Waals surface area contributed by atoms with Gasteiger partial charge in [0.25, 0.3) is 11.6 Å². The molecule has 1 aliphatic heterocycles. The summed E-state index contributed by atoms with van der Waals surface area (Å²) in [6.07, 6.45) is 0.944. The standard InChI is InChI=1S/C25H24N4O3/c1-28(2)15-14-17-8-10-19(11-9-17)26-24(18-6-4-3-5-7-18)23-21-16-20(29(31)32)12-13-22(21)27-25(23)30/h3-13,16,26H,14-15H2,1-2H3,(H,27,30). The molecule has 0 aliphatic carbocycles. The van der Waals surface area contributed by atoms with E-state index >= 15 is 0 Å². The van der Waals surface area contributed by atoms with Gasteiger partial charge in [-0.25, -0.2) is 0 Å². The number of nitro groups is 1. The lowest BCUT2D eigenvalue weighted by atomic mass is 9.99. The number of likely N-dealkylation sites (N-methyl/N-ethyl adjacent to an activating group) is 1. The Morgan fingerprint density at radius 3 is 2.41 bits per heavy atom. The molecule has 0 saturated carbocycles. The lowest BCUT2D eigenvalue weighted by Crippen LogP contribution is -2.15. The number of rotatable bonds is 7. The molecular weight excluding hydrogens is 404 g/mol. The number of nitrogens with one attached hydrogen (secondary N) is 2. The molecule has 0 saturated heterocycles. The van der Waals surface area contributed by atoms with Crippen molar-refractivity contribution in [1.29, 1.82) is 0 Å². The van der Waals surface area contributed by atoms with Crippen molar-refractivity contribution in [1.82, 2.24) is 4.90 Å². The Morgan fingerprint density at radius 1 is 1.03 bits per heavy atom. The minimum absolute atomic E-state index is 0.0598. The molecular formula is C25H24N4O3. The molecule has 32 heavy (non-hydrogen) atoms. The molecule has 4 rings (SSSR count). The van der Waals surface area contributed by atoms with Crippen LogP contribution in [0.4, 0.5) is 17.1 Å². The van der Waals surface area contributed by atoms with Crippen LogP contribution in [-0.4, -0.2) is 36.4 Å². The zero-order valence-corrected chi connectivity index (χ0v) is 18.0. The molecule has 1 aliphatic rings. The quantitative estimate of drug-likeness (QED) is 0.325. The van der Waals surface area contributed by atoms with Gasteiger partial charge in [-0.2, -0.15) is 0 Å². The Kier molecular flexibility index (Phi) is 6.00. The van der Waals surface area contributed by atoms with E-state index in [9.17, 15) is 14.9 Å². The monoisotopic (exact) mass is 428 g/mol. The molecule has 0 radical (unpaired) electrons. The van der Waals surface area contributed by atoms with Gasteiger partial charge in [0, 0.05) is 35.6 Å². The summed E-state index contributed by atoms with van der Waals surface area (Å²) < 4.78 is 0. The third-order valence-electron chi connectivity index (χ3n) is 5.34. The van der Waals surface area contributed by atoms with Crippen molar-refractivity contribution in [2.45, 2.75) is 6.42 Å². The fraction of sp³-hybridized carbons (Fsp3) is 0.160. The molecule has 0 bridgehead atoms. The van der Waals surface area contributed by atoms with Gasteiger partial charge >= 0.3 is 0 Å². The average Bonchev–Trinajstić information content (AvgIpc) is 3.12. The molecule has 0 fully saturated rings. The summed E-state index contributed by atoms with van der Waals surface area (Å²) in [5, 5.41) is 17.5. The van der Waals surface area contributed by atoms with Crippen molar-refractivity contribution in [3.8, 4) is 0 Å². The van der Waals surface area contributed by atoms with E-state index in [0.29, 0.717) is 22.5 Å². The van der Waals surface area contributed by atoms with Crippen LogP contribution < -0.4 is 10.6 Å². The van der Waals surface area contributed by atoms with Gasteiger partial charge in [0.05, 0.1) is 16.2 Å². The molecule has 1 heterocycles. The van der Waals surface area contributed by atoms with E-state index in [1.807, 2.05) is 56.6 Å². The van der Waals surface area contributed by atoms with Crippen LogP contribution in [-0.2, 0) is 11.2 Å². The highest BCUT2D eigenvalue weighted by molar-refractivity contribution is 6.37. The zero-order valence-electron chi connectivity index (χ0n) is 18.0. The largest absolute Gasteiger partial charge is 0.354 e. The first kappa shape index (κ1) is 21.3. The summed E-state index contributed by atoms with van der Waals surface area (Å²) in [5.74, 6) is -0.297. The van der Waals surface area contributed by atoms with E-state index in [0.717, 1.165) is 24.2 Å². The predicted molar refractivity (Wildman–Crippen MR) is 127 cm³/mol. The molecule has 0 atom stereocenters. The number of non-ortho nitro benzene ring substituents is 1. The second-order valence-electron chi connectivity index (χ2n) is 7.93. The topological polar surface area (TPSA) is 87.5 Å². The summed E-state index contributed by atoms with van der Waals surface area (Å²) >= 11 is 0. The third kappa shape index (κ3) is 4.53. The van der Waals surface area contributed by atoms with Gasteiger partial charge < -0.3 is 15.5 Å². The summed E-state index contributed by atoms with van der Waals surface area (Å²) in [6.45, 7) is 0.960. The maximum atomic E-state index is 12.9. The normalized spacial score (nSPS) is 14.2. The van der Waals surface area contributed by atoms with Gasteiger partial charge in [0.2, 0.25) is 0 Å². The molecule has 3 aromatic carbocycles. The van der Waals surface area contributed by atoms with E-state index in [-0.39, 0.29) is 11.6 Å². The number of benzene rings is 3. The van der Waals surface area contributed by atoms with Crippen LogP contribution in [0.25, 0.3) is 11.3 Å². The van der Waals surface area contributed by atoms with Crippen molar-refractivity contribution in [3.05, 3.63) is 99.6 Å². The summed E-state index contributed by atoms with van der Waals surface area (Å²) in [4.78, 5) is 25.9. The van der Waals surface area contributed by atoms with Crippen LogP contribution in [0.15, 0.2) is 72.8 Å². The SMILES string of the molecule is CN(C)CCc1ccc(NC(=C2C(=O)Nc3ccc([N+](=O)[O-])cc32)c2ccccc2)cc1. The van der Waals surface area contributed by atoms with Crippen LogP contribution >= 0.6 is 0 Å². The maximum absolute atomic E-state index is 12.9. The summed E-state index contributed by atoms with van der Waals surface area (Å²) in [5.41, 5.74) is 4.86. The number of carbonyl (C=O) groups excluding carboxylic acids is 1. The van der Waals surface area contributed by atoms with Gasteiger partial charge in [0.15, 0.2) is 0 Å². The Hall–Kier alpha value is -3.97. The van der Waals surface area contributed by atoms with Crippen LogP contribution in [0.2, 0.25) is 0 Å². The smallest absolute Gasteiger partial charge is 0.270 e. The number of nitrogens with zero attached hydrogens (tertiary/aromatic N) is 2. The zero-order chi connectivity index (χ0) is 22.7. The van der Waals surface area contributed by atoms with Crippen LogP contribution in [0.1, 0.15) is 16.7 Å². The molecule has 0 spiro atoms. The van der Waals surface area contributed by atoms with Crippen molar-refractivity contribution in [3.63, 3.8) is 0 Å². The molecule has 0 aromatic heterocycles. The van der Waals surface area contributed by atoms with Gasteiger partial charge in [-0.05, 0) is 49.8 Å². The molecule has 3 aromatic rings. The second kappa shape index (κ2) is 9.03. The van der Waals surface area contributed by atoms with Crippen molar-refractivity contribution in [2.24, 2.45) is 0 Å². The average molecular weight is 428 g/mol. The Balaban J connectivity index is 1.76. The molecule has 0 unspecified atom stereocenters. The number of anilines is 2. The number of fused-ring (bicyclic) bond motifs is 1. The van der Waals surface area contributed by atoms with E-state index in [1.165, 1.54) is 17.7 Å². The number of hydrogen-bond donors (Lipinski definition) is 2. The van der Waals surface area contributed by atoms with Gasteiger partial charge in [0.1, 0.15) is 0 Å². The minimum atomic E-state index is -0.456. The van der Waals surface area contributed by atoms with E-state index in [4.69, 9.17) is 0 Å². The van der Waals surface area contributed by atoms with Crippen LogP contribution in [0.3, 0.4) is 0 Å². The van der Waals surface area contributed by atoms with E-state index < -0.39 is 4.92 Å². The number of amides is 1.